The monoisotopic (exact) mass is 220 g/mol. The van der Waals surface area contributed by atoms with Crippen LogP contribution < -0.4 is 0 Å². The molecule has 2 N–H and O–H groups in total. The first-order chi connectivity index (χ1) is 7.61. The van der Waals surface area contributed by atoms with Crippen molar-refractivity contribution in [3.63, 3.8) is 0 Å². The van der Waals surface area contributed by atoms with E-state index in [1.807, 2.05) is 32.0 Å². The van der Waals surface area contributed by atoms with Gasteiger partial charge in [0.05, 0.1) is 12.2 Å². The maximum absolute atomic E-state index is 10.0. The van der Waals surface area contributed by atoms with Crippen molar-refractivity contribution in [3.05, 3.63) is 35.9 Å². The molecule has 1 aliphatic rings. The fourth-order valence-corrected chi connectivity index (χ4v) is 2.32. The van der Waals surface area contributed by atoms with Crippen LogP contribution in [0.1, 0.15) is 31.7 Å². The van der Waals surface area contributed by atoms with Gasteiger partial charge in [-0.25, -0.2) is 0 Å². The number of aliphatic hydroxyl groups is 2. The summed E-state index contributed by atoms with van der Waals surface area (Å²) in [6, 6.07) is 10.2. The van der Waals surface area contributed by atoms with Gasteiger partial charge in [-0.05, 0) is 29.7 Å². The van der Waals surface area contributed by atoms with Gasteiger partial charge in [0.15, 0.2) is 0 Å². The van der Waals surface area contributed by atoms with Crippen LogP contribution in [-0.2, 0) is 0 Å². The van der Waals surface area contributed by atoms with Crippen molar-refractivity contribution in [2.45, 2.75) is 38.4 Å². The minimum atomic E-state index is -0.598. The van der Waals surface area contributed by atoms with Crippen molar-refractivity contribution < 1.29 is 10.2 Å². The smallest absolute Gasteiger partial charge is 0.0835 e. The van der Waals surface area contributed by atoms with Gasteiger partial charge < -0.3 is 10.2 Å². The van der Waals surface area contributed by atoms with Crippen LogP contribution in [0, 0.1) is 11.8 Å². The molecule has 2 rings (SSSR count). The highest BCUT2D eigenvalue weighted by Gasteiger charge is 2.46. The largest absolute Gasteiger partial charge is 0.390 e. The molecule has 2 heteroatoms. The van der Waals surface area contributed by atoms with Crippen molar-refractivity contribution in [1.82, 2.24) is 0 Å². The fourth-order valence-electron chi connectivity index (χ4n) is 2.32. The fraction of sp³-hybridized carbons (Fsp3) is 0.571. The van der Waals surface area contributed by atoms with E-state index in [1.165, 1.54) is 5.56 Å². The van der Waals surface area contributed by atoms with Crippen LogP contribution in [0.3, 0.4) is 0 Å². The van der Waals surface area contributed by atoms with E-state index in [1.54, 1.807) is 0 Å². The maximum atomic E-state index is 10.0. The van der Waals surface area contributed by atoms with Crippen LogP contribution in [0.15, 0.2) is 30.3 Å². The average Bonchev–Trinajstić information content (AvgIpc) is 3.08. The van der Waals surface area contributed by atoms with Crippen molar-refractivity contribution in [1.29, 1.82) is 0 Å². The van der Waals surface area contributed by atoms with E-state index < -0.39 is 12.2 Å². The van der Waals surface area contributed by atoms with Crippen molar-refractivity contribution in [3.8, 4) is 0 Å². The van der Waals surface area contributed by atoms with E-state index >= 15 is 0 Å². The Hall–Kier alpha value is -0.860. The van der Waals surface area contributed by atoms with Crippen molar-refractivity contribution in [2.24, 2.45) is 11.8 Å². The summed E-state index contributed by atoms with van der Waals surface area (Å²) in [7, 11) is 0. The van der Waals surface area contributed by atoms with Crippen LogP contribution in [0.5, 0.6) is 0 Å². The Morgan fingerprint density at radius 2 is 1.75 bits per heavy atom. The zero-order valence-corrected chi connectivity index (χ0v) is 9.88. The molecule has 1 aromatic rings. The van der Waals surface area contributed by atoms with E-state index in [0.29, 0.717) is 5.92 Å². The molecule has 1 saturated carbocycles. The number of rotatable bonds is 4. The van der Waals surface area contributed by atoms with E-state index in [-0.39, 0.29) is 11.8 Å². The molecule has 4 unspecified atom stereocenters. The summed E-state index contributed by atoms with van der Waals surface area (Å²) in [6.45, 7) is 3.88. The summed E-state index contributed by atoms with van der Waals surface area (Å²) in [5.74, 6) is 0.788. The maximum Gasteiger partial charge on any atom is 0.0835 e. The molecule has 0 radical (unpaired) electrons. The molecule has 1 aromatic carbocycles. The summed E-state index contributed by atoms with van der Waals surface area (Å²) < 4.78 is 0. The van der Waals surface area contributed by atoms with Crippen LogP contribution in [0.2, 0.25) is 0 Å². The molecular weight excluding hydrogens is 200 g/mol. The van der Waals surface area contributed by atoms with Gasteiger partial charge in [0, 0.05) is 0 Å². The highest BCUT2D eigenvalue weighted by molar-refractivity contribution is 5.26. The second-order valence-corrected chi connectivity index (χ2v) is 5.14. The van der Waals surface area contributed by atoms with Crippen molar-refractivity contribution in [2.75, 3.05) is 0 Å². The Balaban J connectivity index is 1.97. The molecular formula is C14H20O2. The highest BCUT2D eigenvalue weighted by Crippen LogP contribution is 2.50. The zero-order valence-electron chi connectivity index (χ0n) is 9.88. The summed E-state index contributed by atoms with van der Waals surface area (Å²) in [4.78, 5) is 0. The SMILES string of the molecule is CC(C)C(O)C(O)C1CC1c1ccccc1. The molecule has 16 heavy (non-hydrogen) atoms. The lowest BCUT2D eigenvalue weighted by molar-refractivity contribution is -0.0207. The first-order valence-electron chi connectivity index (χ1n) is 6.02. The lowest BCUT2D eigenvalue weighted by atomic mass is 9.96. The second-order valence-electron chi connectivity index (χ2n) is 5.14. The van der Waals surface area contributed by atoms with E-state index in [0.717, 1.165) is 6.42 Å². The molecule has 4 atom stereocenters. The minimum Gasteiger partial charge on any atom is -0.390 e. The lowest BCUT2D eigenvalue weighted by Gasteiger charge is -2.21. The van der Waals surface area contributed by atoms with Gasteiger partial charge in [0.2, 0.25) is 0 Å². The molecule has 88 valence electrons. The number of hydrogen-bond donors (Lipinski definition) is 2. The van der Waals surface area contributed by atoms with Crippen molar-refractivity contribution >= 4 is 0 Å². The molecule has 1 aliphatic carbocycles. The van der Waals surface area contributed by atoms with Crippen LogP contribution in [0.25, 0.3) is 0 Å². The van der Waals surface area contributed by atoms with E-state index in [2.05, 4.69) is 12.1 Å². The molecule has 0 heterocycles. The third-order valence-corrected chi connectivity index (χ3v) is 3.54. The van der Waals surface area contributed by atoms with Gasteiger partial charge >= 0.3 is 0 Å². The third kappa shape index (κ3) is 2.28. The summed E-state index contributed by atoms with van der Waals surface area (Å²) in [5.41, 5.74) is 1.28. The second kappa shape index (κ2) is 4.56. The molecule has 1 fully saturated rings. The normalized spacial score (nSPS) is 27.8. The Bertz CT molecular complexity index is 334. The average molecular weight is 220 g/mol. The molecule has 0 aromatic heterocycles. The van der Waals surface area contributed by atoms with Crippen LogP contribution in [-0.4, -0.2) is 22.4 Å². The lowest BCUT2D eigenvalue weighted by Crippen LogP contribution is -2.32. The topological polar surface area (TPSA) is 40.5 Å². The molecule has 0 amide bonds. The van der Waals surface area contributed by atoms with Gasteiger partial charge in [-0.3, -0.25) is 0 Å². The van der Waals surface area contributed by atoms with Crippen LogP contribution >= 0.6 is 0 Å². The minimum absolute atomic E-state index is 0.118. The first-order valence-corrected chi connectivity index (χ1v) is 6.02. The number of aliphatic hydroxyl groups excluding tert-OH is 2. The quantitative estimate of drug-likeness (QED) is 0.816. The highest BCUT2D eigenvalue weighted by atomic mass is 16.3. The summed E-state index contributed by atoms with van der Waals surface area (Å²) in [6.07, 6.45) is -0.182. The molecule has 0 saturated heterocycles. The standard InChI is InChI=1S/C14H20O2/c1-9(2)13(15)14(16)12-8-11(12)10-6-4-3-5-7-10/h3-7,9,11-16H,8H2,1-2H3. The number of hydrogen-bond acceptors (Lipinski definition) is 2. The predicted octanol–water partition coefficient (Wildman–Crippen LogP) is 2.17. The summed E-state index contributed by atoms with van der Waals surface area (Å²) >= 11 is 0. The van der Waals surface area contributed by atoms with Gasteiger partial charge in [0.25, 0.3) is 0 Å². The molecule has 0 spiro atoms. The van der Waals surface area contributed by atoms with Gasteiger partial charge in [0.1, 0.15) is 0 Å². The molecule has 0 aliphatic heterocycles. The third-order valence-electron chi connectivity index (χ3n) is 3.54. The Labute approximate surface area is 96.9 Å². The van der Waals surface area contributed by atoms with E-state index in [9.17, 15) is 10.2 Å². The Morgan fingerprint density at radius 3 is 2.31 bits per heavy atom. The van der Waals surface area contributed by atoms with Gasteiger partial charge in [-0.2, -0.15) is 0 Å². The Morgan fingerprint density at radius 1 is 1.12 bits per heavy atom. The van der Waals surface area contributed by atoms with Gasteiger partial charge in [-0.15, -0.1) is 0 Å². The van der Waals surface area contributed by atoms with Crippen LogP contribution in [0.4, 0.5) is 0 Å². The van der Waals surface area contributed by atoms with E-state index in [4.69, 9.17) is 0 Å². The molecule has 2 nitrogen and oxygen atoms in total. The summed E-state index contributed by atoms with van der Waals surface area (Å²) in [5, 5.41) is 19.8. The van der Waals surface area contributed by atoms with Gasteiger partial charge in [-0.1, -0.05) is 44.2 Å². The molecule has 0 bridgehead atoms. The Kier molecular flexibility index (Phi) is 3.31. The first kappa shape index (κ1) is 11.6. The number of benzene rings is 1. The zero-order chi connectivity index (χ0) is 11.7. The predicted molar refractivity (Wildman–Crippen MR) is 64.1 cm³/mol.